The van der Waals surface area contributed by atoms with E-state index >= 15 is 0 Å². The highest BCUT2D eigenvalue weighted by Crippen LogP contribution is 2.38. The number of ether oxygens (including phenoxy) is 2. The molecule has 248 valence electrons. The van der Waals surface area contributed by atoms with Gasteiger partial charge in [-0.05, 0) is 36.7 Å². The fourth-order valence-electron chi connectivity index (χ4n) is 6.68. The van der Waals surface area contributed by atoms with Crippen LogP contribution in [0.1, 0.15) is 62.0 Å². The van der Waals surface area contributed by atoms with E-state index in [2.05, 4.69) is 17.6 Å². The van der Waals surface area contributed by atoms with Gasteiger partial charge < -0.3 is 25.0 Å². The number of nitrogens with one attached hydrogen (secondary N) is 2. The lowest BCUT2D eigenvalue weighted by Gasteiger charge is -2.32. The number of benzene rings is 1. The summed E-state index contributed by atoms with van der Waals surface area (Å²) in [4.78, 5) is 37.4. The molecule has 0 radical (unpaired) electrons. The average molecular weight is 644 g/mol. The number of rotatable bonds is 8. The largest absolute Gasteiger partial charge is 0.445 e. The normalized spacial score (nSPS) is 24.8. The van der Waals surface area contributed by atoms with E-state index in [0.717, 1.165) is 31.2 Å². The van der Waals surface area contributed by atoms with E-state index in [1.165, 1.54) is 4.52 Å². The van der Waals surface area contributed by atoms with Gasteiger partial charge in [0, 0.05) is 32.0 Å². The van der Waals surface area contributed by atoms with Gasteiger partial charge in [-0.25, -0.2) is 14.3 Å². The molecule has 3 atom stereocenters. The molecule has 2 amide bonds. The zero-order chi connectivity index (χ0) is 32.3. The molecule has 6 rings (SSSR count). The smallest absolute Gasteiger partial charge is 0.408 e. The Kier molecular flexibility index (Phi) is 9.62. The first-order chi connectivity index (χ1) is 22.1. The van der Waals surface area contributed by atoms with Crippen LogP contribution in [0, 0.1) is 23.7 Å². The molecule has 46 heavy (non-hydrogen) atoms. The number of hydrogen-bond acceptors (Lipinski definition) is 8. The van der Waals surface area contributed by atoms with Gasteiger partial charge in [0.05, 0.1) is 37.1 Å². The number of piperidine rings is 1. The standard InChI is InChI=1S/C32H40F3N7O4/c1-20-7-9-22(10-8-20)27(38-31(44)46-19-21-5-3-2-4-6-21)26-18-42-30(37-26)39-28(41-11-13-45-14-12-41)25(40-42)16-23-15-24(32(33,34)35)17-36-29(23)43/h2-6,18,20,22-24,27H,7-17,19H2,1H3,(H,36,43)(H,38,44)/t20?,22?,23?,24-,27+/m1/s1. The van der Waals surface area contributed by atoms with Gasteiger partial charge >= 0.3 is 12.3 Å². The Balaban J connectivity index is 1.30. The predicted molar refractivity (Wildman–Crippen MR) is 162 cm³/mol. The first-order valence-corrected chi connectivity index (χ1v) is 16.0. The van der Waals surface area contributed by atoms with Crippen molar-refractivity contribution in [3.8, 4) is 0 Å². The Hall–Kier alpha value is -3.94. The molecule has 2 N–H and O–H groups in total. The van der Waals surface area contributed by atoms with Crippen molar-refractivity contribution in [2.45, 2.75) is 64.3 Å². The minimum atomic E-state index is -4.41. The molecule has 1 saturated carbocycles. The van der Waals surface area contributed by atoms with Gasteiger partial charge in [0.1, 0.15) is 12.3 Å². The molecule has 3 aliphatic rings. The van der Waals surface area contributed by atoms with Crippen LogP contribution < -0.4 is 15.5 Å². The number of halogens is 3. The third-order valence-corrected chi connectivity index (χ3v) is 9.39. The monoisotopic (exact) mass is 643 g/mol. The summed E-state index contributed by atoms with van der Waals surface area (Å²) in [6.45, 7) is 3.89. The molecule has 0 bridgehead atoms. The Morgan fingerprint density at radius 2 is 1.87 bits per heavy atom. The number of hydrogen-bond donors (Lipinski definition) is 2. The number of alkyl carbamates (subject to hydrolysis) is 1. The number of carbonyl (C=O) groups excluding carboxylic acids is 2. The van der Waals surface area contributed by atoms with E-state index in [-0.39, 0.29) is 25.4 Å². The van der Waals surface area contributed by atoms with Crippen molar-refractivity contribution in [2.24, 2.45) is 23.7 Å². The van der Waals surface area contributed by atoms with Crippen LogP contribution in [-0.4, -0.2) is 70.6 Å². The maximum absolute atomic E-state index is 13.6. The number of fused-ring (bicyclic) bond motifs is 1. The van der Waals surface area contributed by atoms with Crippen molar-refractivity contribution >= 4 is 23.6 Å². The predicted octanol–water partition coefficient (Wildman–Crippen LogP) is 4.61. The number of morpholine rings is 1. The van der Waals surface area contributed by atoms with Gasteiger partial charge in [-0.3, -0.25) is 4.79 Å². The second-order valence-electron chi connectivity index (χ2n) is 12.7. The van der Waals surface area contributed by atoms with Gasteiger partial charge in [0.15, 0.2) is 5.82 Å². The Morgan fingerprint density at radius 1 is 1.13 bits per heavy atom. The molecule has 3 aromatic rings. The summed E-state index contributed by atoms with van der Waals surface area (Å²) in [7, 11) is 0. The van der Waals surface area contributed by atoms with E-state index in [4.69, 9.17) is 24.5 Å². The molecular weight excluding hydrogens is 603 g/mol. The fourth-order valence-corrected chi connectivity index (χ4v) is 6.68. The summed E-state index contributed by atoms with van der Waals surface area (Å²) in [6.07, 6.45) is 0.298. The molecule has 2 aromatic heterocycles. The maximum Gasteiger partial charge on any atom is 0.408 e. The zero-order valence-corrected chi connectivity index (χ0v) is 25.8. The van der Waals surface area contributed by atoms with Gasteiger partial charge in [-0.1, -0.05) is 50.1 Å². The minimum absolute atomic E-state index is 0.00440. The number of aromatic nitrogens is 4. The highest BCUT2D eigenvalue weighted by Gasteiger charge is 2.45. The molecular formula is C32H40F3N7O4. The first kappa shape index (κ1) is 32.0. The van der Waals surface area contributed by atoms with Gasteiger partial charge in [0.2, 0.25) is 5.91 Å². The van der Waals surface area contributed by atoms with Crippen molar-refractivity contribution in [3.05, 3.63) is 53.5 Å². The lowest BCUT2D eigenvalue weighted by Crippen LogP contribution is -2.47. The van der Waals surface area contributed by atoms with Crippen molar-refractivity contribution in [2.75, 3.05) is 37.7 Å². The lowest BCUT2D eigenvalue weighted by molar-refractivity contribution is -0.183. The molecule has 11 nitrogen and oxygen atoms in total. The van der Waals surface area contributed by atoms with E-state index < -0.39 is 42.6 Å². The van der Waals surface area contributed by atoms with E-state index in [1.54, 1.807) is 6.20 Å². The number of alkyl halides is 3. The number of imidazole rings is 1. The third kappa shape index (κ3) is 7.54. The van der Waals surface area contributed by atoms with Gasteiger partial charge in [-0.15, -0.1) is 0 Å². The number of anilines is 1. The van der Waals surface area contributed by atoms with Gasteiger partial charge in [-0.2, -0.15) is 23.3 Å². The fraction of sp³-hybridized carbons (Fsp3) is 0.594. The SMILES string of the molecule is CC1CCC([C@H](NC(=O)OCc2ccccc2)c2cn3nc(CC4C[C@@H](C(F)(F)F)CNC4=O)c(N4CCOCC4)nc3n2)CC1. The molecule has 2 aliphatic heterocycles. The molecule has 1 unspecified atom stereocenters. The summed E-state index contributed by atoms with van der Waals surface area (Å²) in [5.74, 6) is -1.46. The Morgan fingerprint density at radius 3 is 2.59 bits per heavy atom. The van der Waals surface area contributed by atoms with Crippen LogP contribution in [0.3, 0.4) is 0 Å². The van der Waals surface area contributed by atoms with E-state index in [0.29, 0.717) is 55.2 Å². The zero-order valence-electron chi connectivity index (χ0n) is 25.8. The van der Waals surface area contributed by atoms with Crippen molar-refractivity contribution in [1.82, 2.24) is 30.2 Å². The molecule has 0 spiro atoms. The van der Waals surface area contributed by atoms with Crippen LogP contribution in [0.4, 0.5) is 23.8 Å². The highest BCUT2D eigenvalue weighted by atomic mass is 19.4. The van der Waals surface area contributed by atoms with Crippen LogP contribution in [0.25, 0.3) is 5.78 Å². The summed E-state index contributed by atoms with van der Waals surface area (Å²) in [5, 5.41) is 10.3. The van der Waals surface area contributed by atoms with Crippen LogP contribution in [-0.2, 0) is 27.3 Å². The van der Waals surface area contributed by atoms with Crippen molar-refractivity contribution in [1.29, 1.82) is 0 Å². The molecule has 1 aromatic carbocycles. The second kappa shape index (κ2) is 13.8. The van der Waals surface area contributed by atoms with Crippen LogP contribution in [0.15, 0.2) is 36.5 Å². The van der Waals surface area contributed by atoms with Crippen molar-refractivity contribution < 1.29 is 32.2 Å². The first-order valence-electron chi connectivity index (χ1n) is 16.0. The van der Waals surface area contributed by atoms with Crippen molar-refractivity contribution in [3.63, 3.8) is 0 Å². The molecule has 3 fully saturated rings. The van der Waals surface area contributed by atoms with E-state index in [9.17, 15) is 22.8 Å². The maximum atomic E-state index is 13.6. The number of amides is 2. The quantitative estimate of drug-likeness (QED) is 0.365. The summed E-state index contributed by atoms with van der Waals surface area (Å²) < 4.78 is 53.3. The second-order valence-corrected chi connectivity index (χ2v) is 12.7. The van der Waals surface area contributed by atoms with E-state index in [1.807, 2.05) is 35.2 Å². The molecule has 14 heteroatoms. The van der Waals surface area contributed by atoms with Crippen LogP contribution in [0.5, 0.6) is 0 Å². The Bertz CT molecular complexity index is 1500. The highest BCUT2D eigenvalue weighted by molar-refractivity contribution is 5.80. The molecule has 1 aliphatic carbocycles. The number of nitrogens with zero attached hydrogens (tertiary/aromatic N) is 5. The van der Waals surface area contributed by atoms with Crippen LogP contribution in [0.2, 0.25) is 0 Å². The molecule has 4 heterocycles. The average Bonchev–Trinajstić information content (AvgIpc) is 3.47. The number of carbonyl (C=O) groups is 2. The minimum Gasteiger partial charge on any atom is -0.445 e. The summed E-state index contributed by atoms with van der Waals surface area (Å²) in [5.41, 5.74) is 1.87. The topological polar surface area (TPSA) is 123 Å². The third-order valence-electron chi connectivity index (χ3n) is 9.39. The lowest BCUT2D eigenvalue weighted by atomic mass is 9.78. The van der Waals surface area contributed by atoms with Gasteiger partial charge in [0.25, 0.3) is 5.78 Å². The summed E-state index contributed by atoms with van der Waals surface area (Å²) >= 11 is 0. The summed E-state index contributed by atoms with van der Waals surface area (Å²) in [6, 6.07) is 8.98. The Labute approximate surface area is 265 Å². The van der Waals surface area contributed by atoms with Crippen LogP contribution >= 0.6 is 0 Å². The molecule has 2 saturated heterocycles.